The molecule has 0 amide bonds. The lowest BCUT2D eigenvalue weighted by molar-refractivity contribution is -0.383. The number of aliphatic carboxylic acids is 2. The van der Waals surface area contributed by atoms with Gasteiger partial charge in [-0.2, -0.15) is 0 Å². The Bertz CT molecular complexity index is 2000. The van der Waals surface area contributed by atoms with Gasteiger partial charge in [-0.1, -0.05) is 24.3 Å². The van der Waals surface area contributed by atoms with Gasteiger partial charge >= 0.3 is 11.9 Å². The Morgan fingerprint density at radius 2 is 1.31 bits per heavy atom. The van der Waals surface area contributed by atoms with Gasteiger partial charge < -0.3 is 36.6 Å². The molecule has 0 aliphatic carbocycles. The van der Waals surface area contributed by atoms with E-state index in [0.717, 1.165) is 17.5 Å². The zero-order valence-corrected chi connectivity index (χ0v) is 23.3. The van der Waals surface area contributed by atoms with Gasteiger partial charge in [-0.3, -0.25) is 19.7 Å². The summed E-state index contributed by atoms with van der Waals surface area (Å²) in [5, 5.41) is 30.0. The molecule has 0 saturated heterocycles. The van der Waals surface area contributed by atoms with Crippen LogP contribution in [0.5, 0.6) is 0 Å². The summed E-state index contributed by atoms with van der Waals surface area (Å²) in [4.78, 5) is 39.8. The summed E-state index contributed by atoms with van der Waals surface area (Å²) in [5.41, 5.74) is 12.5. The third-order valence-electron chi connectivity index (χ3n) is 6.84. The van der Waals surface area contributed by atoms with E-state index in [9.17, 15) is 32.9 Å². The summed E-state index contributed by atoms with van der Waals surface area (Å²) in [6.45, 7) is 0. The first-order valence-electron chi connectivity index (χ1n) is 13.2. The molecule has 0 radical (unpaired) electrons. The number of hydrogen-bond acceptors (Lipinski definition) is 6. The van der Waals surface area contributed by atoms with Crippen molar-refractivity contribution in [3.8, 4) is 0 Å². The Balaban J connectivity index is 0.000000160. The van der Waals surface area contributed by atoms with E-state index in [1.165, 1.54) is 18.3 Å². The number of nitro groups is 1. The second-order valence-electron chi connectivity index (χ2n) is 9.84. The topological polar surface area (TPSA) is 217 Å². The number of nitro benzene ring substituents is 1. The lowest BCUT2D eigenvalue weighted by Gasteiger charge is -2.05. The molecule has 3 aromatic heterocycles. The zero-order valence-electron chi connectivity index (χ0n) is 23.3. The number of para-hydroxylation sites is 2. The molecule has 0 unspecified atom stereocenters. The Labute approximate surface area is 251 Å². The molecule has 0 fully saturated rings. The van der Waals surface area contributed by atoms with Crippen molar-refractivity contribution in [3.63, 3.8) is 0 Å². The predicted molar refractivity (Wildman–Crippen MR) is 160 cm³/mol. The second-order valence-corrected chi connectivity index (χ2v) is 9.84. The number of aromatic amines is 3. The first-order valence-corrected chi connectivity index (χ1v) is 13.2. The van der Waals surface area contributed by atoms with Crippen molar-refractivity contribution >= 4 is 50.3 Å². The van der Waals surface area contributed by atoms with Gasteiger partial charge in [0.05, 0.1) is 26.9 Å². The summed E-state index contributed by atoms with van der Waals surface area (Å²) in [7, 11) is 0. The van der Waals surface area contributed by atoms with Gasteiger partial charge in [-0.15, -0.1) is 0 Å². The second kappa shape index (κ2) is 13.7. The quantitative estimate of drug-likeness (QED) is 0.0970. The maximum Gasteiger partial charge on any atom is 0.320 e. The number of carboxylic acid groups (broad SMARTS) is 2. The predicted octanol–water partition coefficient (Wildman–Crippen LogP) is 4.74. The van der Waals surface area contributed by atoms with Gasteiger partial charge in [-0.25, -0.2) is 13.2 Å². The number of benzene rings is 3. The molecule has 234 valence electrons. The zero-order chi connectivity index (χ0) is 32.8. The smallest absolute Gasteiger partial charge is 0.320 e. The van der Waals surface area contributed by atoms with E-state index < -0.39 is 34.8 Å². The maximum absolute atomic E-state index is 13.5. The fourth-order valence-corrected chi connectivity index (χ4v) is 4.62. The fourth-order valence-electron chi connectivity index (χ4n) is 4.62. The highest BCUT2D eigenvalue weighted by Gasteiger charge is 2.22. The van der Waals surface area contributed by atoms with Gasteiger partial charge in [0.15, 0.2) is 0 Å². The Hall–Kier alpha value is -5.67. The Kier molecular flexibility index (Phi) is 9.85. The van der Waals surface area contributed by atoms with Gasteiger partial charge in [0.25, 0.3) is 5.69 Å². The average molecular weight is 625 g/mol. The molecule has 9 N–H and O–H groups in total. The number of nitrogens with zero attached hydrogens (tertiary/aromatic N) is 1. The van der Waals surface area contributed by atoms with Crippen molar-refractivity contribution in [2.75, 3.05) is 0 Å². The standard InChI is InChI=1S/C11H10FN3O4.C11H11FN2O2.C8H6FN/c12-6-1-2-8(15(18)19)9-5(4-14-10(6)9)3-7(13)11(16)17;12-8-3-1-2-7-6(5-14-10(7)8)4-9(13)11(15)16;9-7-3-1-2-6-4-5-10-8(6)7/h1-2,4,7,14H,3,13H2,(H,16,17);1-3,5,9,14H,4,13H2,(H,15,16);1-5,10H/t7-;9-;/m00./s1. The third kappa shape index (κ3) is 7.29. The highest BCUT2D eigenvalue weighted by Crippen LogP contribution is 2.31. The van der Waals surface area contributed by atoms with Gasteiger partial charge in [0.1, 0.15) is 29.5 Å². The van der Waals surface area contributed by atoms with Crippen molar-refractivity contribution in [2.24, 2.45) is 11.5 Å². The van der Waals surface area contributed by atoms with Crippen molar-refractivity contribution in [1.29, 1.82) is 0 Å². The summed E-state index contributed by atoms with van der Waals surface area (Å²) in [6, 6.07) is 11.4. The molecule has 0 spiro atoms. The molecule has 6 aromatic rings. The van der Waals surface area contributed by atoms with Gasteiger partial charge in [0.2, 0.25) is 0 Å². The van der Waals surface area contributed by atoms with Crippen molar-refractivity contribution in [2.45, 2.75) is 24.9 Å². The molecule has 2 atom stereocenters. The van der Waals surface area contributed by atoms with E-state index in [0.29, 0.717) is 27.5 Å². The van der Waals surface area contributed by atoms with E-state index in [1.807, 2.05) is 12.1 Å². The number of non-ortho nitro benzene ring substituents is 1. The number of fused-ring (bicyclic) bond motifs is 3. The third-order valence-corrected chi connectivity index (χ3v) is 6.84. The van der Waals surface area contributed by atoms with Crippen molar-refractivity contribution < 1.29 is 37.9 Å². The normalized spacial score (nSPS) is 12.2. The number of halogens is 3. The highest BCUT2D eigenvalue weighted by atomic mass is 19.1. The lowest BCUT2D eigenvalue weighted by atomic mass is 10.0. The van der Waals surface area contributed by atoms with Crippen molar-refractivity contribution in [1.82, 2.24) is 15.0 Å². The maximum atomic E-state index is 13.5. The number of nitrogens with one attached hydrogen (secondary N) is 3. The minimum absolute atomic E-state index is 0.0261. The van der Waals surface area contributed by atoms with Crippen LogP contribution < -0.4 is 11.5 Å². The SMILES string of the molecule is Fc1cccc2cc[nH]c12.N[C@@H](Cc1c[nH]c2c(F)ccc([N+](=O)[O-])c12)C(=O)O.N[C@@H](Cc1c[nH]c2c(F)cccc12)C(=O)O. The molecule has 0 bridgehead atoms. The van der Waals surface area contributed by atoms with E-state index in [1.54, 1.807) is 30.6 Å². The van der Waals surface area contributed by atoms with Crippen LogP contribution in [0.25, 0.3) is 32.7 Å². The monoisotopic (exact) mass is 624 g/mol. The van der Waals surface area contributed by atoms with Crippen LogP contribution in [0.2, 0.25) is 0 Å². The summed E-state index contributed by atoms with van der Waals surface area (Å²) >= 11 is 0. The van der Waals surface area contributed by atoms with E-state index in [2.05, 4.69) is 15.0 Å². The summed E-state index contributed by atoms with van der Waals surface area (Å²) < 4.78 is 39.6. The summed E-state index contributed by atoms with van der Waals surface area (Å²) in [6.07, 6.45) is 4.71. The van der Waals surface area contributed by atoms with Crippen LogP contribution in [0.3, 0.4) is 0 Å². The number of rotatable bonds is 7. The molecule has 0 aliphatic heterocycles. The first-order chi connectivity index (χ1) is 21.4. The molecule has 15 heteroatoms. The van der Waals surface area contributed by atoms with Gasteiger partial charge in [0, 0.05) is 48.3 Å². The van der Waals surface area contributed by atoms with E-state index in [4.69, 9.17) is 21.7 Å². The van der Waals surface area contributed by atoms with Crippen LogP contribution in [0.15, 0.2) is 73.2 Å². The molecule has 0 aliphatic rings. The van der Waals surface area contributed by atoms with Crippen LogP contribution in [-0.2, 0) is 22.4 Å². The van der Waals surface area contributed by atoms with E-state index >= 15 is 0 Å². The fraction of sp³-hybridized carbons (Fsp3) is 0.133. The van der Waals surface area contributed by atoms with Gasteiger partial charge in [-0.05, 0) is 35.4 Å². The molecule has 0 saturated carbocycles. The van der Waals surface area contributed by atoms with Crippen LogP contribution in [0.1, 0.15) is 11.1 Å². The number of carbonyl (C=O) groups is 2. The number of aromatic nitrogens is 3. The average Bonchev–Trinajstić information content (AvgIpc) is 3.74. The molecule has 45 heavy (non-hydrogen) atoms. The van der Waals surface area contributed by atoms with Crippen molar-refractivity contribution in [3.05, 3.63) is 112 Å². The minimum Gasteiger partial charge on any atom is -0.480 e. The molecule has 3 heterocycles. The van der Waals surface area contributed by atoms with Crippen LogP contribution in [0, 0.1) is 27.6 Å². The molecular weight excluding hydrogens is 597 g/mol. The van der Waals surface area contributed by atoms with Crippen LogP contribution in [0.4, 0.5) is 18.9 Å². The Morgan fingerprint density at radius 3 is 1.93 bits per heavy atom. The number of hydrogen-bond donors (Lipinski definition) is 7. The summed E-state index contributed by atoms with van der Waals surface area (Å²) in [5.74, 6) is -3.48. The number of nitrogens with two attached hydrogens (primary N) is 2. The largest absolute Gasteiger partial charge is 0.480 e. The highest BCUT2D eigenvalue weighted by molar-refractivity contribution is 5.93. The lowest BCUT2D eigenvalue weighted by Crippen LogP contribution is -2.32. The minimum atomic E-state index is -1.23. The molecular formula is C30H27F3N6O6. The molecule has 12 nitrogen and oxygen atoms in total. The first kappa shape index (κ1) is 32.2. The van der Waals surface area contributed by atoms with Crippen LogP contribution in [-0.4, -0.2) is 54.1 Å². The number of carboxylic acids is 2. The number of H-pyrrole nitrogens is 3. The Morgan fingerprint density at radius 1 is 0.756 bits per heavy atom. The van der Waals surface area contributed by atoms with E-state index in [-0.39, 0.29) is 41.1 Å². The molecule has 3 aromatic carbocycles. The molecule has 6 rings (SSSR count). The van der Waals surface area contributed by atoms with Crippen LogP contribution >= 0.6 is 0 Å².